The standard InChI is InChI=1S/C19H20N2O4/c1-12(22)13-4-5-14(10-20)17(8-13)21-11-18(23)16-9-15(24-2)6-7-19(16)25-3/h4-9,18,21,23H,11H2,1-3H3. The number of rotatable bonds is 7. The fourth-order valence-corrected chi connectivity index (χ4v) is 2.42. The fourth-order valence-electron chi connectivity index (χ4n) is 2.42. The predicted molar refractivity (Wildman–Crippen MR) is 94.2 cm³/mol. The summed E-state index contributed by atoms with van der Waals surface area (Å²) in [5.41, 5.74) is 1.96. The number of hydrogen-bond acceptors (Lipinski definition) is 6. The average molecular weight is 340 g/mol. The molecule has 0 bridgehead atoms. The van der Waals surface area contributed by atoms with E-state index < -0.39 is 6.10 Å². The molecule has 130 valence electrons. The lowest BCUT2D eigenvalue weighted by Gasteiger charge is -2.18. The van der Waals surface area contributed by atoms with Gasteiger partial charge >= 0.3 is 0 Å². The number of nitrogens with one attached hydrogen (secondary N) is 1. The number of aliphatic hydroxyl groups excluding tert-OH is 1. The van der Waals surface area contributed by atoms with Crippen molar-refractivity contribution in [2.45, 2.75) is 13.0 Å². The maximum Gasteiger partial charge on any atom is 0.159 e. The molecule has 0 fully saturated rings. The average Bonchev–Trinajstić information content (AvgIpc) is 2.65. The number of nitrogens with zero attached hydrogens (tertiary/aromatic N) is 1. The Bertz CT molecular complexity index is 812. The number of anilines is 1. The van der Waals surface area contributed by atoms with Crippen LogP contribution in [0.4, 0.5) is 5.69 Å². The Morgan fingerprint density at radius 3 is 2.60 bits per heavy atom. The summed E-state index contributed by atoms with van der Waals surface area (Å²) in [5, 5.41) is 22.7. The number of carbonyl (C=O) groups is 1. The second-order valence-electron chi connectivity index (χ2n) is 5.43. The van der Waals surface area contributed by atoms with E-state index >= 15 is 0 Å². The first-order valence-electron chi connectivity index (χ1n) is 7.69. The number of ether oxygens (including phenoxy) is 2. The highest BCUT2D eigenvalue weighted by Crippen LogP contribution is 2.30. The van der Waals surface area contributed by atoms with Crippen LogP contribution in [0.25, 0.3) is 0 Å². The number of Topliss-reactive ketones (excluding diaryl/α,β-unsaturated/α-hetero) is 1. The van der Waals surface area contributed by atoms with E-state index in [1.54, 1.807) is 43.5 Å². The molecule has 2 aromatic rings. The molecule has 2 N–H and O–H groups in total. The van der Waals surface area contributed by atoms with E-state index in [1.165, 1.54) is 14.0 Å². The molecule has 2 rings (SSSR count). The topological polar surface area (TPSA) is 91.6 Å². The quantitative estimate of drug-likeness (QED) is 0.753. The molecule has 0 radical (unpaired) electrons. The van der Waals surface area contributed by atoms with Crippen molar-refractivity contribution in [3.63, 3.8) is 0 Å². The minimum atomic E-state index is -0.891. The van der Waals surface area contributed by atoms with Gasteiger partial charge in [0.2, 0.25) is 0 Å². The van der Waals surface area contributed by atoms with E-state index in [1.807, 2.05) is 0 Å². The van der Waals surface area contributed by atoms with Crippen LogP contribution in [-0.2, 0) is 0 Å². The lowest BCUT2D eigenvalue weighted by molar-refractivity contribution is 0.101. The van der Waals surface area contributed by atoms with Gasteiger partial charge in [0.1, 0.15) is 17.6 Å². The van der Waals surface area contributed by atoms with Crippen LogP contribution in [0.15, 0.2) is 36.4 Å². The highest BCUT2D eigenvalue weighted by atomic mass is 16.5. The molecule has 25 heavy (non-hydrogen) atoms. The Morgan fingerprint density at radius 1 is 1.24 bits per heavy atom. The first-order chi connectivity index (χ1) is 12.0. The van der Waals surface area contributed by atoms with Crippen molar-refractivity contribution in [1.29, 1.82) is 5.26 Å². The lowest BCUT2D eigenvalue weighted by Crippen LogP contribution is -2.14. The van der Waals surface area contributed by atoms with Crippen LogP contribution in [0.5, 0.6) is 11.5 Å². The molecule has 0 heterocycles. The molecule has 6 nitrogen and oxygen atoms in total. The first-order valence-corrected chi connectivity index (χ1v) is 7.69. The van der Waals surface area contributed by atoms with Crippen molar-refractivity contribution in [2.75, 3.05) is 26.1 Å². The van der Waals surface area contributed by atoms with Gasteiger partial charge in [0.15, 0.2) is 5.78 Å². The third kappa shape index (κ3) is 4.28. The van der Waals surface area contributed by atoms with E-state index in [-0.39, 0.29) is 12.3 Å². The molecule has 0 aliphatic carbocycles. The maximum atomic E-state index is 11.5. The van der Waals surface area contributed by atoms with Gasteiger partial charge in [-0.2, -0.15) is 5.26 Å². The molecule has 0 aliphatic heterocycles. The van der Waals surface area contributed by atoms with Crippen molar-refractivity contribution >= 4 is 11.5 Å². The molecular formula is C19H20N2O4. The van der Waals surface area contributed by atoms with Gasteiger partial charge < -0.3 is 19.9 Å². The zero-order valence-corrected chi connectivity index (χ0v) is 14.4. The Hall–Kier alpha value is -3.04. The third-order valence-corrected chi connectivity index (χ3v) is 3.83. The zero-order valence-electron chi connectivity index (χ0n) is 14.4. The Kier molecular flexibility index (Phi) is 5.98. The van der Waals surface area contributed by atoms with Crippen molar-refractivity contribution in [3.05, 3.63) is 53.1 Å². The maximum absolute atomic E-state index is 11.5. The molecule has 0 aliphatic rings. The number of benzene rings is 2. The molecule has 0 saturated carbocycles. The van der Waals surface area contributed by atoms with Crippen LogP contribution in [0.1, 0.15) is 34.5 Å². The molecule has 0 spiro atoms. The molecule has 1 atom stereocenters. The summed E-state index contributed by atoms with van der Waals surface area (Å²) in [6, 6.07) is 12.0. The van der Waals surface area contributed by atoms with Gasteiger partial charge in [-0.15, -0.1) is 0 Å². The summed E-state index contributed by atoms with van der Waals surface area (Å²) in [4.78, 5) is 11.5. The number of carbonyl (C=O) groups excluding carboxylic acids is 1. The van der Waals surface area contributed by atoms with E-state index in [4.69, 9.17) is 9.47 Å². The first kappa shape index (κ1) is 18.3. The van der Waals surface area contributed by atoms with Gasteiger partial charge in [0.25, 0.3) is 0 Å². The minimum absolute atomic E-state index is 0.0949. The third-order valence-electron chi connectivity index (χ3n) is 3.83. The number of nitriles is 1. The second kappa shape index (κ2) is 8.18. The van der Waals surface area contributed by atoms with E-state index in [0.29, 0.717) is 33.9 Å². The SMILES string of the molecule is COc1ccc(OC)c(C(O)CNc2cc(C(C)=O)ccc2C#N)c1. The zero-order chi connectivity index (χ0) is 18.4. The van der Waals surface area contributed by atoms with Crippen LogP contribution in [0.2, 0.25) is 0 Å². The van der Waals surface area contributed by atoms with Gasteiger partial charge in [0, 0.05) is 17.7 Å². The lowest BCUT2D eigenvalue weighted by atomic mass is 10.1. The van der Waals surface area contributed by atoms with Crippen molar-refractivity contribution in [1.82, 2.24) is 0 Å². The Labute approximate surface area is 146 Å². The normalized spacial score (nSPS) is 11.3. The Balaban J connectivity index is 2.23. The summed E-state index contributed by atoms with van der Waals surface area (Å²) >= 11 is 0. The van der Waals surface area contributed by atoms with Crippen LogP contribution in [0.3, 0.4) is 0 Å². The number of hydrogen-bond donors (Lipinski definition) is 2. The van der Waals surface area contributed by atoms with Gasteiger partial charge in [0.05, 0.1) is 31.6 Å². The largest absolute Gasteiger partial charge is 0.497 e. The molecule has 6 heteroatoms. The molecule has 0 aromatic heterocycles. The van der Waals surface area contributed by atoms with E-state index in [0.717, 1.165) is 0 Å². The summed E-state index contributed by atoms with van der Waals surface area (Å²) in [5.74, 6) is 1.04. The van der Waals surface area contributed by atoms with Gasteiger partial charge in [-0.1, -0.05) is 0 Å². The fraction of sp³-hybridized carbons (Fsp3) is 0.263. The van der Waals surface area contributed by atoms with Crippen LogP contribution in [0, 0.1) is 11.3 Å². The van der Waals surface area contributed by atoms with Crippen LogP contribution >= 0.6 is 0 Å². The number of aliphatic hydroxyl groups is 1. The summed E-state index contributed by atoms with van der Waals surface area (Å²) in [7, 11) is 3.07. The summed E-state index contributed by atoms with van der Waals surface area (Å²) in [6.45, 7) is 1.60. The minimum Gasteiger partial charge on any atom is -0.497 e. The molecule has 0 amide bonds. The van der Waals surface area contributed by atoms with Crippen LogP contribution in [-0.4, -0.2) is 31.7 Å². The van der Waals surface area contributed by atoms with Gasteiger partial charge in [-0.05, 0) is 43.3 Å². The number of methoxy groups -OCH3 is 2. The molecular weight excluding hydrogens is 320 g/mol. The molecule has 0 saturated heterocycles. The van der Waals surface area contributed by atoms with Crippen molar-refractivity contribution < 1.29 is 19.4 Å². The highest BCUT2D eigenvalue weighted by molar-refractivity contribution is 5.95. The monoisotopic (exact) mass is 340 g/mol. The number of ketones is 1. The highest BCUT2D eigenvalue weighted by Gasteiger charge is 2.15. The Morgan fingerprint density at radius 2 is 2.00 bits per heavy atom. The van der Waals surface area contributed by atoms with Crippen molar-refractivity contribution in [2.24, 2.45) is 0 Å². The van der Waals surface area contributed by atoms with Crippen molar-refractivity contribution in [3.8, 4) is 17.6 Å². The second-order valence-corrected chi connectivity index (χ2v) is 5.43. The predicted octanol–water partition coefficient (Wildman–Crippen LogP) is 2.92. The van der Waals surface area contributed by atoms with Gasteiger partial charge in [-0.3, -0.25) is 4.79 Å². The smallest absolute Gasteiger partial charge is 0.159 e. The van der Waals surface area contributed by atoms with E-state index in [2.05, 4.69) is 11.4 Å². The summed E-state index contributed by atoms with van der Waals surface area (Å²) in [6.07, 6.45) is -0.891. The molecule has 1 unspecified atom stereocenters. The van der Waals surface area contributed by atoms with Gasteiger partial charge in [-0.25, -0.2) is 0 Å². The molecule has 2 aromatic carbocycles. The summed E-state index contributed by atoms with van der Waals surface area (Å²) < 4.78 is 10.5. The van der Waals surface area contributed by atoms with Crippen LogP contribution < -0.4 is 14.8 Å². The van der Waals surface area contributed by atoms with E-state index in [9.17, 15) is 15.2 Å².